The first kappa shape index (κ1) is 14.6. The zero-order valence-corrected chi connectivity index (χ0v) is 12.9. The molecule has 1 N–H and O–H groups in total. The lowest BCUT2D eigenvalue weighted by Crippen LogP contribution is -2.48. The normalized spacial score (nSPS) is 22.6. The number of hydrogen-bond acceptors (Lipinski definition) is 2. The second-order valence-electron chi connectivity index (χ2n) is 5.68. The fraction of sp³-hybridized carbons (Fsp3) is 0.600. The topological polar surface area (TPSA) is 15.3 Å². The molecule has 1 atom stereocenters. The molecule has 1 aliphatic carbocycles. The Hall–Kier alpha value is -0.350. The van der Waals surface area contributed by atoms with Gasteiger partial charge in [0.15, 0.2) is 0 Å². The van der Waals surface area contributed by atoms with Crippen LogP contribution in [0.2, 0.25) is 10.0 Å². The first-order chi connectivity index (χ1) is 9.68. The second kappa shape index (κ2) is 6.18. The third-order valence-electron chi connectivity index (χ3n) is 4.52. The summed E-state index contributed by atoms with van der Waals surface area (Å²) in [4.78, 5) is 2.36. The number of hydrogen-bond donors (Lipinski definition) is 1. The predicted octanol–water partition coefficient (Wildman–Crippen LogP) is 3.88. The minimum Gasteiger partial charge on any atom is -0.314 e. The monoisotopic (exact) mass is 316 g/mol. The van der Waals surface area contributed by atoms with Gasteiger partial charge in [-0.15, -0.1) is 0 Å². The number of nitrogens with zero attached hydrogens (tertiary/aromatic N) is 1. The Kier molecular flexibility index (Phi) is 4.51. The third kappa shape index (κ3) is 2.69. The minimum atomic E-state index is -0.227. The zero-order chi connectivity index (χ0) is 14.1. The molecule has 2 nitrogen and oxygen atoms in total. The highest BCUT2D eigenvalue weighted by Gasteiger charge is 2.36. The molecule has 1 heterocycles. The molecule has 0 amide bonds. The molecule has 110 valence electrons. The molecule has 1 aromatic rings. The van der Waals surface area contributed by atoms with Crippen molar-refractivity contribution in [3.8, 4) is 0 Å². The molecule has 0 bridgehead atoms. The molecule has 1 aliphatic heterocycles. The maximum atomic E-state index is 14.4. The molecular weight excluding hydrogens is 298 g/mol. The van der Waals surface area contributed by atoms with E-state index in [-0.39, 0.29) is 11.9 Å². The maximum Gasteiger partial charge on any atom is 0.129 e. The van der Waals surface area contributed by atoms with Crippen LogP contribution in [-0.4, -0.2) is 31.1 Å². The lowest BCUT2D eigenvalue weighted by atomic mass is 9.76. The summed E-state index contributed by atoms with van der Waals surface area (Å²) < 4.78 is 14.4. The summed E-state index contributed by atoms with van der Waals surface area (Å²) in [7, 11) is 0. The minimum absolute atomic E-state index is 0.0667. The van der Waals surface area contributed by atoms with Crippen LogP contribution >= 0.6 is 23.2 Å². The summed E-state index contributed by atoms with van der Waals surface area (Å²) in [5, 5.41) is 4.18. The summed E-state index contributed by atoms with van der Waals surface area (Å²) >= 11 is 12.4. The molecule has 0 aromatic heterocycles. The average Bonchev–Trinajstić information content (AvgIpc) is 2.41. The Labute approximate surface area is 129 Å². The molecular formula is C15H19Cl2FN2. The largest absolute Gasteiger partial charge is 0.314 e. The van der Waals surface area contributed by atoms with E-state index in [0.29, 0.717) is 21.5 Å². The van der Waals surface area contributed by atoms with Crippen LogP contribution in [0.25, 0.3) is 0 Å². The van der Waals surface area contributed by atoms with Gasteiger partial charge in [-0.05, 0) is 30.9 Å². The molecule has 1 aromatic carbocycles. The van der Waals surface area contributed by atoms with Crippen LogP contribution in [0.4, 0.5) is 4.39 Å². The van der Waals surface area contributed by atoms with E-state index in [0.717, 1.165) is 39.0 Å². The van der Waals surface area contributed by atoms with E-state index in [2.05, 4.69) is 10.2 Å². The van der Waals surface area contributed by atoms with Crippen molar-refractivity contribution >= 4 is 23.2 Å². The number of benzene rings is 1. The number of piperazine rings is 1. The molecule has 1 saturated carbocycles. The van der Waals surface area contributed by atoms with Crippen molar-refractivity contribution in [2.45, 2.75) is 25.3 Å². The quantitative estimate of drug-likeness (QED) is 0.851. The Morgan fingerprint density at radius 2 is 1.90 bits per heavy atom. The van der Waals surface area contributed by atoms with Gasteiger partial charge in [0.1, 0.15) is 5.82 Å². The first-order valence-electron chi connectivity index (χ1n) is 7.26. The summed E-state index contributed by atoms with van der Waals surface area (Å²) in [6, 6.07) is 3.05. The van der Waals surface area contributed by atoms with Gasteiger partial charge in [0.25, 0.3) is 0 Å². The van der Waals surface area contributed by atoms with E-state index >= 15 is 0 Å². The van der Waals surface area contributed by atoms with E-state index in [9.17, 15) is 4.39 Å². The van der Waals surface area contributed by atoms with Crippen LogP contribution in [0.3, 0.4) is 0 Å². The van der Waals surface area contributed by atoms with Gasteiger partial charge in [-0.1, -0.05) is 29.6 Å². The van der Waals surface area contributed by atoms with Crippen molar-refractivity contribution in [3.63, 3.8) is 0 Å². The van der Waals surface area contributed by atoms with Gasteiger partial charge >= 0.3 is 0 Å². The van der Waals surface area contributed by atoms with Crippen LogP contribution in [-0.2, 0) is 0 Å². The molecule has 2 fully saturated rings. The van der Waals surface area contributed by atoms with Gasteiger partial charge in [0, 0.05) is 37.8 Å². The van der Waals surface area contributed by atoms with Crippen LogP contribution in [0.5, 0.6) is 0 Å². The van der Waals surface area contributed by atoms with Gasteiger partial charge in [-0.3, -0.25) is 4.90 Å². The van der Waals surface area contributed by atoms with Crippen molar-refractivity contribution in [1.29, 1.82) is 0 Å². The molecule has 1 saturated heterocycles. The molecule has 5 heteroatoms. The van der Waals surface area contributed by atoms with Crippen molar-refractivity contribution in [1.82, 2.24) is 10.2 Å². The van der Waals surface area contributed by atoms with Crippen LogP contribution < -0.4 is 5.32 Å². The van der Waals surface area contributed by atoms with Gasteiger partial charge in [-0.25, -0.2) is 4.39 Å². The highest BCUT2D eigenvalue weighted by atomic mass is 35.5. The smallest absolute Gasteiger partial charge is 0.129 e. The standard InChI is InChI=1S/C15H19Cl2FN2/c16-11-4-5-12(18)13(14(11)17)15(10-2-1-3-10)20-8-6-19-7-9-20/h4-5,10,15,19H,1-3,6-9H2/t15-/m0/s1. The van der Waals surface area contributed by atoms with E-state index in [4.69, 9.17) is 23.2 Å². The number of rotatable bonds is 3. The SMILES string of the molecule is Fc1ccc(Cl)c(Cl)c1[C@H](C1CCC1)N1CCNCC1. The highest BCUT2D eigenvalue weighted by Crippen LogP contribution is 2.45. The lowest BCUT2D eigenvalue weighted by molar-refractivity contribution is 0.0813. The Morgan fingerprint density at radius 1 is 1.20 bits per heavy atom. The average molecular weight is 317 g/mol. The summed E-state index contributed by atoms with van der Waals surface area (Å²) in [6.45, 7) is 3.76. The van der Waals surface area contributed by atoms with Gasteiger partial charge in [0.05, 0.1) is 10.0 Å². The van der Waals surface area contributed by atoms with Crippen LogP contribution in [0.15, 0.2) is 12.1 Å². The van der Waals surface area contributed by atoms with E-state index in [1.165, 1.54) is 18.6 Å². The second-order valence-corrected chi connectivity index (χ2v) is 6.46. The molecule has 0 unspecified atom stereocenters. The molecule has 0 spiro atoms. The Balaban J connectivity index is 1.98. The molecule has 0 radical (unpaired) electrons. The molecule has 3 rings (SSSR count). The van der Waals surface area contributed by atoms with Crippen molar-refractivity contribution < 1.29 is 4.39 Å². The van der Waals surface area contributed by atoms with E-state index in [1.54, 1.807) is 0 Å². The van der Waals surface area contributed by atoms with Crippen molar-refractivity contribution in [2.75, 3.05) is 26.2 Å². The Morgan fingerprint density at radius 3 is 2.50 bits per heavy atom. The highest BCUT2D eigenvalue weighted by molar-refractivity contribution is 6.42. The molecule has 20 heavy (non-hydrogen) atoms. The van der Waals surface area contributed by atoms with Crippen molar-refractivity contribution in [2.24, 2.45) is 5.92 Å². The maximum absolute atomic E-state index is 14.4. The third-order valence-corrected chi connectivity index (χ3v) is 5.34. The summed E-state index contributed by atoms with van der Waals surface area (Å²) in [5.74, 6) is 0.272. The van der Waals surface area contributed by atoms with Gasteiger partial charge in [0.2, 0.25) is 0 Å². The van der Waals surface area contributed by atoms with Gasteiger partial charge < -0.3 is 5.32 Å². The van der Waals surface area contributed by atoms with E-state index < -0.39 is 0 Å². The Bertz CT molecular complexity index is 485. The summed E-state index contributed by atoms with van der Waals surface area (Å²) in [6.07, 6.45) is 3.53. The predicted molar refractivity (Wildman–Crippen MR) is 80.9 cm³/mol. The fourth-order valence-electron chi connectivity index (χ4n) is 3.25. The molecule has 2 aliphatic rings. The van der Waals surface area contributed by atoms with Crippen molar-refractivity contribution in [3.05, 3.63) is 33.6 Å². The van der Waals surface area contributed by atoms with Gasteiger partial charge in [-0.2, -0.15) is 0 Å². The van der Waals surface area contributed by atoms with Crippen LogP contribution in [0, 0.1) is 11.7 Å². The fourth-order valence-corrected chi connectivity index (χ4v) is 3.68. The number of nitrogens with one attached hydrogen (secondary N) is 1. The lowest BCUT2D eigenvalue weighted by Gasteiger charge is -2.43. The van der Waals surface area contributed by atoms with Crippen LogP contribution in [0.1, 0.15) is 30.9 Å². The zero-order valence-electron chi connectivity index (χ0n) is 11.3. The summed E-state index contributed by atoms with van der Waals surface area (Å²) in [5.41, 5.74) is 0.603. The first-order valence-corrected chi connectivity index (χ1v) is 8.02. The van der Waals surface area contributed by atoms with E-state index in [1.807, 2.05) is 0 Å². The number of halogens is 3.